The van der Waals surface area contributed by atoms with Gasteiger partial charge < -0.3 is 10.3 Å². The van der Waals surface area contributed by atoms with E-state index in [1.807, 2.05) is 0 Å². The summed E-state index contributed by atoms with van der Waals surface area (Å²) >= 11 is 4.91. The summed E-state index contributed by atoms with van der Waals surface area (Å²) in [5, 5.41) is 2.91. The van der Waals surface area contributed by atoms with Crippen molar-refractivity contribution in [1.29, 1.82) is 0 Å². The molecule has 116 valence electrons. The number of hydrogen-bond acceptors (Lipinski definition) is 3. The number of carbonyl (C=O) groups excluding carboxylic acids is 1. The van der Waals surface area contributed by atoms with E-state index in [9.17, 15) is 9.59 Å². The molecule has 1 aliphatic rings. The SMILES string of the molecule is CC1CC(C(=O)NCc2cc(=O)[nH]c(=S)[nH]2)CC(C)(C)C1. The number of hydrogen-bond donors (Lipinski definition) is 3. The van der Waals surface area contributed by atoms with Crippen molar-refractivity contribution in [3.8, 4) is 0 Å². The van der Waals surface area contributed by atoms with Gasteiger partial charge in [0.1, 0.15) is 0 Å². The van der Waals surface area contributed by atoms with Crippen LogP contribution < -0.4 is 10.9 Å². The van der Waals surface area contributed by atoms with Crippen molar-refractivity contribution in [2.24, 2.45) is 17.3 Å². The second-order valence-electron chi connectivity index (χ2n) is 6.94. The van der Waals surface area contributed by atoms with Crippen LogP contribution in [0.1, 0.15) is 45.7 Å². The molecule has 3 N–H and O–H groups in total. The van der Waals surface area contributed by atoms with E-state index >= 15 is 0 Å². The highest BCUT2D eigenvalue weighted by molar-refractivity contribution is 7.71. The molecule has 6 heteroatoms. The fourth-order valence-electron chi connectivity index (χ4n) is 3.49. The van der Waals surface area contributed by atoms with Crippen LogP contribution in [0.4, 0.5) is 0 Å². The van der Waals surface area contributed by atoms with Gasteiger partial charge in [-0.2, -0.15) is 0 Å². The molecule has 21 heavy (non-hydrogen) atoms. The molecule has 2 unspecified atom stereocenters. The van der Waals surface area contributed by atoms with Crippen LogP contribution in [0, 0.1) is 22.0 Å². The second-order valence-corrected chi connectivity index (χ2v) is 7.35. The summed E-state index contributed by atoms with van der Waals surface area (Å²) in [6.45, 7) is 6.95. The van der Waals surface area contributed by atoms with Gasteiger partial charge in [-0.1, -0.05) is 20.8 Å². The van der Waals surface area contributed by atoms with Crippen LogP contribution in [-0.4, -0.2) is 15.9 Å². The minimum atomic E-state index is -0.254. The topological polar surface area (TPSA) is 77.8 Å². The fourth-order valence-corrected chi connectivity index (χ4v) is 3.72. The van der Waals surface area contributed by atoms with Crippen molar-refractivity contribution in [1.82, 2.24) is 15.3 Å². The fraction of sp³-hybridized carbons (Fsp3) is 0.667. The summed E-state index contributed by atoms with van der Waals surface area (Å²) < 4.78 is 0.277. The van der Waals surface area contributed by atoms with E-state index < -0.39 is 0 Å². The first-order valence-electron chi connectivity index (χ1n) is 7.35. The lowest BCUT2D eigenvalue weighted by molar-refractivity contribution is -0.128. The monoisotopic (exact) mass is 309 g/mol. The van der Waals surface area contributed by atoms with E-state index in [4.69, 9.17) is 12.2 Å². The summed E-state index contributed by atoms with van der Waals surface area (Å²) in [5.41, 5.74) is 0.583. The number of carbonyl (C=O) groups is 1. The number of aromatic nitrogens is 2. The summed E-state index contributed by atoms with van der Waals surface area (Å²) in [7, 11) is 0. The normalized spacial score (nSPS) is 24.5. The first kappa shape index (κ1) is 15.9. The second kappa shape index (κ2) is 6.13. The van der Waals surface area contributed by atoms with Crippen LogP contribution in [0.2, 0.25) is 0 Å². The molecule has 0 radical (unpaired) electrons. The zero-order chi connectivity index (χ0) is 15.6. The van der Waals surface area contributed by atoms with Crippen molar-refractivity contribution in [2.45, 2.75) is 46.6 Å². The van der Waals surface area contributed by atoms with E-state index in [1.165, 1.54) is 6.07 Å². The van der Waals surface area contributed by atoms with Gasteiger partial charge in [0.05, 0.1) is 6.54 Å². The quantitative estimate of drug-likeness (QED) is 0.751. The molecule has 0 saturated heterocycles. The van der Waals surface area contributed by atoms with Crippen molar-refractivity contribution in [3.05, 3.63) is 26.9 Å². The predicted molar refractivity (Wildman–Crippen MR) is 84.4 cm³/mol. The van der Waals surface area contributed by atoms with Crippen LogP contribution in [0.3, 0.4) is 0 Å². The standard InChI is InChI=1S/C15H23N3O2S/c1-9-4-10(7-15(2,3)6-9)13(20)16-8-11-5-12(19)18-14(21)17-11/h5,9-10H,4,6-8H2,1-3H3,(H,16,20)(H2,17,18,19,21). The molecule has 1 aromatic rings. The van der Waals surface area contributed by atoms with E-state index in [1.54, 1.807) is 0 Å². The van der Waals surface area contributed by atoms with Crippen LogP contribution in [0.5, 0.6) is 0 Å². The Morgan fingerprint density at radius 2 is 2.14 bits per heavy atom. The maximum Gasteiger partial charge on any atom is 0.251 e. The Labute approximate surface area is 129 Å². The average Bonchev–Trinajstić information content (AvgIpc) is 2.32. The van der Waals surface area contributed by atoms with Crippen LogP contribution in [0.25, 0.3) is 0 Å². The highest BCUT2D eigenvalue weighted by Gasteiger charge is 2.35. The lowest BCUT2D eigenvalue weighted by Gasteiger charge is -2.38. The molecule has 0 aromatic carbocycles. The Kier molecular flexibility index (Phi) is 4.66. The first-order valence-corrected chi connectivity index (χ1v) is 7.76. The maximum absolute atomic E-state index is 12.3. The summed E-state index contributed by atoms with van der Waals surface area (Å²) in [5.74, 6) is 0.679. The molecule has 1 saturated carbocycles. The van der Waals surface area contributed by atoms with Crippen LogP contribution in [-0.2, 0) is 11.3 Å². The molecule has 2 rings (SSSR count). The van der Waals surface area contributed by atoms with Gasteiger partial charge >= 0.3 is 0 Å². The third-order valence-corrected chi connectivity index (χ3v) is 4.23. The third kappa shape index (κ3) is 4.52. The van der Waals surface area contributed by atoms with E-state index in [0.717, 1.165) is 19.3 Å². The van der Waals surface area contributed by atoms with Gasteiger partial charge in [0.15, 0.2) is 4.77 Å². The number of H-pyrrole nitrogens is 2. The minimum Gasteiger partial charge on any atom is -0.350 e. The zero-order valence-corrected chi connectivity index (χ0v) is 13.6. The molecule has 1 aliphatic carbocycles. The smallest absolute Gasteiger partial charge is 0.251 e. The molecule has 1 amide bonds. The number of rotatable bonds is 3. The first-order chi connectivity index (χ1) is 9.75. The Hall–Kier alpha value is -1.43. The van der Waals surface area contributed by atoms with Gasteiger partial charge in [0.25, 0.3) is 5.56 Å². The largest absolute Gasteiger partial charge is 0.350 e. The summed E-state index contributed by atoms with van der Waals surface area (Å²) in [6.07, 6.45) is 3.01. The van der Waals surface area contributed by atoms with Gasteiger partial charge in [-0.25, -0.2) is 0 Å². The summed E-state index contributed by atoms with van der Waals surface area (Å²) in [4.78, 5) is 29.0. The number of amides is 1. The molecular weight excluding hydrogens is 286 g/mol. The lowest BCUT2D eigenvalue weighted by atomic mass is 9.68. The molecular formula is C15H23N3O2S. The van der Waals surface area contributed by atoms with Gasteiger partial charge in [0, 0.05) is 17.7 Å². The van der Waals surface area contributed by atoms with Crippen LogP contribution in [0.15, 0.2) is 10.9 Å². The third-order valence-electron chi connectivity index (χ3n) is 4.03. The van der Waals surface area contributed by atoms with E-state index in [2.05, 4.69) is 36.1 Å². The maximum atomic E-state index is 12.3. The molecule has 0 bridgehead atoms. The van der Waals surface area contributed by atoms with Crippen molar-refractivity contribution in [3.63, 3.8) is 0 Å². The molecule has 1 aromatic heterocycles. The van der Waals surface area contributed by atoms with Crippen molar-refractivity contribution >= 4 is 18.1 Å². The Morgan fingerprint density at radius 3 is 2.76 bits per heavy atom. The summed E-state index contributed by atoms with van der Waals surface area (Å²) in [6, 6.07) is 1.42. The number of aromatic amines is 2. The van der Waals surface area contributed by atoms with Gasteiger partial charge in [-0.05, 0) is 42.8 Å². The van der Waals surface area contributed by atoms with Gasteiger partial charge in [-0.15, -0.1) is 0 Å². The minimum absolute atomic E-state index is 0.0497. The molecule has 2 atom stereocenters. The zero-order valence-electron chi connectivity index (χ0n) is 12.8. The molecule has 5 nitrogen and oxygen atoms in total. The Morgan fingerprint density at radius 1 is 1.43 bits per heavy atom. The van der Waals surface area contributed by atoms with E-state index in [-0.39, 0.29) is 27.6 Å². The van der Waals surface area contributed by atoms with Crippen molar-refractivity contribution in [2.75, 3.05) is 0 Å². The van der Waals surface area contributed by atoms with Crippen LogP contribution >= 0.6 is 12.2 Å². The molecule has 0 aliphatic heterocycles. The van der Waals surface area contributed by atoms with Gasteiger partial charge in [-0.3, -0.25) is 14.6 Å². The Bertz CT molecular complexity index is 604. The lowest BCUT2D eigenvalue weighted by Crippen LogP contribution is -2.38. The Balaban J connectivity index is 1.98. The highest BCUT2D eigenvalue weighted by atomic mass is 32.1. The van der Waals surface area contributed by atoms with Gasteiger partial charge in [0.2, 0.25) is 5.91 Å². The number of nitrogens with one attached hydrogen (secondary N) is 3. The molecule has 1 heterocycles. The average molecular weight is 309 g/mol. The molecule has 0 spiro atoms. The van der Waals surface area contributed by atoms with Crippen molar-refractivity contribution < 1.29 is 4.79 Å². The van der Waals surface area contributed by atoms with E-state index in [0.29, 0.717) is 18.2 Å². The predicted octanol–water partition coefficient (Wildman–Crippen LogP) is 2.51. The highest BCUT2D eigenvalue weighted by Crippen LogP contribution is 2.41. The molecule has 1 fully saturated rings.